The summed E-state index contributed by atoms with van der Waals surface area (Å²) in [6.45, 7) is -0.374. The van der Waals surface area contributed by atoms with Crippen molar-refractivity contribution in [3.63, 3.8) is 0 Å². The number of thiophene rings is 1. The van der Waals surface area contributed by atoms with Gasteiger partial charge in [0.2, 0.25) is 5.91 Å². The molecule has 0 radical (unpaired) electrons. The lowest BCUT2D eigenvalue weighted by Crippen LogP contribution is -2.44. The molecule has 1 atom stereocenters. The molecule has 0 aliphatic heterocycles. The van der Waals surface area contributed by atoms with Crippen molar-refractivity contribution in [3.8, 4) is 0 Å². The second-order valence-corrected chi connectivity index (χ2v) is 7.67. The van der Waals surface area contributed by atoms with Crippen LogP contribution in [-0.2, 0) is 25.4 Å². The molecule has 4 rings (SSSR count). The zero-order valence-corrected chi connectivity index (χ0v) is 16.7. The lowest BCUT2D eigenvalue weighted by Gasteiger charge is -2.18. The Hall–Kier alpha value is -3.46. The maximum absolute atomic E-state index is 12.8. The second kappa shape index (κ2) is 7.51. The minimum atomic E-state index is -0.580. The monoisotopic (exact) mass is 409 g/mol. The molecule has 3 aromatic heterocycles. The van der Waals surface area contributed by atoms with Gasteiger partial charge in [-0.3, -0.25) is 14.2 Å². The van der Waals surface area contributed by atoms with Crippen LogP contribution in [0.5, 0.6) is 0 Å². The van der Waals surface area contributed by atoms with Gasteiger partial charge in [0, 0.05) is 19.0 Å². The van der Waals surface area contributed by atoms with Crippen LogP contribution in [-0.4, -0.2) is 24.6 Å². The fraction of sp³-hybridized carbons (Fsp3) is 0.200. The van der Waals surface area contributed by atoms with Crippen LogP contribution in [0.1, 0.15) is 16.5 Å². The molecule has 8 nitrogen and oxygen atoms in total. The summed E-state index contributed by atoms with van der Waals surface area (Å²) in [4.78, 5) is 43.3. The fourth-order valence-electron chi connectivity index (χ4n) is 3.31. The van der Waals surface area contributed by atoms with Crippen LogP contribution in [0.25, 0.3) is 11.2 Å². The standard InChI is InChI=1S/C20H19N5O3S/c1-23-12-21-18-17(23)19(27)25(20(28)24(18)2)11-15(26)22-16(14-9-6-10-29-14)13-7-4-3-5-8-13/h3-10,12,16H,11H2,1-2H3,(H,22,26). The molecule has 4 aromatic rings. The van der Waals surface area contributed by atoms with E-state index in [9.17, 15) is 14.4 Å². The number of fused-ring (bicyclic) bond motifs is 1. The molecule has 0 bridgehead atoms. The van der Waals surface area contributed by atoms with Gasteiger partial charge in [-0.05, 0) is 17.0 Å². The number of aromatic nitrogens is 4. The zero-order chi connectivity index (χ0) is 20.5. The SMILES string of the molecule is Cn1cnc2c1c(=O)n(CC(=O)NC(c1ccccc1)c1cccs1)c(=O)n2C. The minimum absolute atomic E-state index is 0.276. The number of nitrogens with zero attached hydrogens (tertiary/aromatic N) is 4. The van der Waals surface area contributed by atoms with Crippen LogP contribution < -0.4 is 16.6 Å². The second-order valence-electron chi connectivity index (χ2n) is 6.69. The minimum Gasteiger partial charge on any atom is -0.343 e. The van der Waals surface area contributed by atoms with Gasteiger partial charge in [-0.2, -0.15) is 0 Å². The molecule has 0 fully saturated rings. The van der Waals surface area contributed by atoms with Gasteiger partial charge in [-0.25, -0.2) is 14.3 Å². The summed E-state index contributed by atoms with van der Waals surface area (Å²) in [5.41, 5.74) is 0.373. The number of amides is 1. The highest BCUT2D eigenvalue weighted by Crippen LogP contribution is 2.25. The van der Waals surface area contributed by atoms with Gasteiger partial charge in [-0.15, -0.1) is 11.3 Å². The van der Waals surface area contributed by atoms with Crippen LogP contribution >= 0.6 is 11.3 Å². The highest BCUT2D eigenvalue weighted by molar-refractivity contribution is 7.10. The Bertz CT molecular complexity index is 1290. The number of hydrogen-bond acceptors (Lipinski definition) is 5. The molecule has 3 heterocycles. The lowest BCUT2D eigenvalue weighted by molar-refractivity contribution is -0.122. The molecular formula is C20H19N5O3S. The van der Waals surface area contributed by atoms with Crippen molar-refractivity contribution < 1.29 is 4.79 Å². The van der Waals surface area contributed by atoms with Crippen molar-refractivity contribution in [2.45, 2.75) is 12.6 Å². The Labute approximate surface area is 169 Å². The van der Waals surface area contributed by atoms with Crippen LogP contribution in [0.3, 0.4) is 0 Å². The number of imidazole rings is 1. The number of rotatable bonds is 5. The number of nitrogens with one attached hydrogen (secondary N) is 1. The molecule has 29 heavy (non-hydrogen) atoms. The summed E-state index contributed by atoms with van der Waals surface area (Å²) in [6.07, 6.45) is 1.47. The molecule has 148 valence electrons. The van der Waals surface area contributed by atoms with Crippen molar-refractivity contribution >= 4 is 28.4 Å². The lowest BCUT2D eigenvalue weighted by atomic mass is 10.1. The Morgan fingerprint density at radius 2 is 1.90 bits per heavy atom. The molecule has 0 spiro atoms. The average Bonchev–Trinajstić information content (AvgIpc) is 3.38. The van der Waals surface area contributed by atoms with E-state index in [4.69, 9.17) is 0 Å². The topological polar surface area (TPSA) is 90.9 Å². The third-order valence-corrected chi connectivity index (χ3v) is 5.71. The largest absolute Gasteiger partial charge is 0.343 e. The van der Waals surface area contributed by atoms with Crippen LogP contribution in [0.15, 0.2) is 63.8 Å². The number of hydrogen-bond donors (Lipinski definition) is 1. The van der Waals surface area contributed by atoms with E-state index in [0.29, 0.717) is 5.65 Å². The number of carbonyl (C=O) groups excluding carboxylic acids is 1. The molecule has 1 N–H and O–H groups in total. The van der Waals surface area contributed by atoms with Crippen molar-refractivity contribution in [1.29, 1.82) is 0 Å². The smallest absolute Gasteiger partial charge is 0.332 e. The van der Waals surface area contributed by atoms with Crippen molar-refractivity contribution in [3.05, 3.63) is 85.5 Å². The Morgan fingerprint density at radius 3 is 2.59 bits per heavy atom. The van der Waals surface area contributed by atoms with E-state index in [-0.39, 0.29) is 18.1 Å². The normalized spacial score (nSPS) is 12.2. The van der Waals surface area contributed by atoms with Gasteiger partial charge in [0.25, 0.3) is 5.56 Å². The van der Waals surface area contributed by atoms with Gasteiger partial charge in [0.15, 0.2) is 11.2 Å². The van der Waals surface area contributed by atoms with Crippen LogP contribution in [0.2, 0.25) is 0 Å². The molecular weight excluding hydrogens is 390 g/mol. The molecule has 1 aromatic carbocycles. The summed E-state index contributed by atoms with van der Waals surface area (Å²) >= 11 is 1.53. The first kappa shape index (κ1) is 18.9. The van der Waals surface area contributed by atoms with Gasteiger partial charge in [0.1, 0.15) is 6.54 Å². The van der Waals surface area contributed by atoms with Gasteiger partial charge in [0.05, 0.1) is 12.4 Å². The summed E-state index contributed by atoms with van der Waals surface area (Å²) in [5, 5.41) is 4.89. The van der Waals surface area contributed by atoms with E-state index in [1.54, 1.807) is 11.6 Å². The van der Waals surface area contributed by atoms with E-state index >= 15 is 0 Å². The Balaban J connectivity index is 1.68. The van der Waals surface area contributed by atoms with Crippen LogP contribution in [0.4, 0.5) is 0 Å². The summed E-state index contributed by atoms with van der Waals surface area (Å²) < 4.78 is 3.76. The predicted molar refractivity (Wildman–Crippen MR) is 111 cm³/mol. The third kappa shape index (κ3) is 3.40. The molecule has 0 aliphatic rings. The maximum Gasteiger partial charge on any atom is 0.332 e. The quantitative estimate of drug-likeness (QED) is 0.539. The number of carbonyl (C=O) groups is 1. The number of benzene rings is 1. The maximum atomic E-state index is 12.8. The van der Waals surface area contributed by atoms with E-state index < -0.39 is 17.2 Å². The molecule has 1 amide bonds. The summed E-state index contributed by atoms with van der Waals surface area (Å²) in [5.74, 6) is -0.423. The first-order chi connectivity index (χ1) is 14.0. The van der Waals surface area contributed by atoms with Gasteiger partial charge < -0.3 is 9.88 Å². The van der Waals surface area contributed by atoms with E-state index in [0.717, 1.165) is 15.0 Å². The third-order valence-electron chi connectivity index (χ3n) is 4.77. The molecule has 0 aliphatic carbocycles. The van der Waals surface area contributed by atoms with Crippen LogP contribution in [0, 0.1) is 0 Å². The summed E-state index contributed by atoms with van der Waals surface area (Å²) in [7, 11) is 3.21. The predicted octanol–water partition coefficient (Wildman–Crippen LogP) is 1.40. The highest BCUT2D eigenvalue weighted by Gasteiger charge is 2.21. The number of aryl methyl sites for hydroxylation is 2. The first-order valence-corrected chi connectivity index (χ1v) is 9.84. The highest BCUT2D eigenvalue weighted by atomic mass is 32.1. The fourth-order valence-corrected chi connectivity index (χ4v) is 4.11. The zero-order valence-electron chi connectivity index (χ0n) is 15.9. The van der Waals surface area contributed by atoms with Crippen molar-refractivity contribution in [2.24, 2.45) is 14.1 Å². The van der Waals surface area contributed by atoms with E-state index in [2.05, 4.69) is 10.3 Å². The Kier molecular flexibility index (Phi) is 4.89. The first-order valence-electron chi connectivity index (χ1n) is 8.96. The van der Waals surface area contributed by atoms with Gasteiger partial charge in [-0.1, -0.05) is 36.4 Å². The van der Waals surface area contributed by atoms with Crippen molar-refractivity contribution in [1.82, 2.24) is 24.0 Å². The summed E-state index contributed by atoms with van der Waals surface area (Å²) in [6, 6.07) is 13.1. The van der Waals surface area contributed by atoms with Crippen molar-refractivity contribution in [2.75, 3.05) is 0 Å². The molecule has 0 saturated carbocycles. The molecule has 9 heteroatoms. The van der Waals surface area contributed by atoms with Gasteiger partial charge >= 0.3 is 5.69 Å². The van der Waals surface area contributed by atoms with E-state index in [1.807, 2.05) is 47.8 Å². The molecule has 0 saturated heterocycles. The van der Waals surface area contributed by atoms with E-state index in [1.165, 1.54) is 29.3 Å². The Morgan fingerprint density at radius 1 is 1.14 bits per heavy atom. The molecule has 1 unspecified atom stereocenters. The average molecular weight is 409 g/mol.